The second-order valence-electron chi connectivity index (χ2n) is 3.93. The van der Waals surface area contributed by atoms with Crippen molar-refractivity contribution in [2.75, 3.05) is 0 Å². The summed E-state index contributed by atoms with van der Waals surface area (Å²) in [6, 6.07) is 3.92. The number of nitrogens with two attached hydrogens (primary N) is 1. The molecule has 5 heteroatoms. The van der Waals surface area contributed by atoms with Crippen LogP contribution in [0.2, 0.25) is 0 Å². The average Bonchev–Trinajstić information content (AvgIpc) is 2.84. The van der Waals surface area contributed by atoms with Gasteiger partial charge < -0.3 is 10.2 Å². The molecule has 0 amide bonds. The number of aryl methyl sites for hydroxylation is 1. The van der Waals surface area contributed by atoms with Crippen LogP contribution >= 0.6 is 27.3 Å². The van der Waals surface area contributed by atoms with E-state index in [1.807, 2.05) is 12.1 Å². The van der Waals surface area contributed by atoms with Crippen molar-refractivity contribution in [2.24, 2.45) is 5.73 Å². The van der Waals surface area contributed by atoms with E-state index in [0.29, 0.717) is 0 Å². The molecule has 0 aliphatic heterocycles. The van der Waals surface area contributed by atoms with Crippen molar-refractivity contribution in [3.05, 3.63) is 27.4 Å². The van der Waals surface area contributed by atoms with Crippen LogP contribution in [0.4, 0.5) is 0 Å². The summed E-state index contributed by atoms with van der Waals surface area (Å²) in [5.74, 6) is 0.818. The maximum atomic E-state index is 6.05. The molecule has 0 saturated carbocycles. The number of nitrogens with zero attached hydrogens (tertiary/aromatic N) is 1. The van der Waals surface area contributed by atoms with E-state index in [0.717, 1.165) is 40.4 Å². The summed E-state index contributed by atoms with van der Waals surface area (Å²) in [6.45, 7) is 0. The van der Waals surface area contributed by atoms with Crippen LogP contribution in [0, 0.1) is 0 Å². The summed E-state index contributed by atoms with van der Waals surface area (Å²) in [5, 5.41) is 0.938. The Balaban J connectivity index is 2.04. The van der Waals surface area contributed by atoms with Gasteiger partial charge in [-0.1, -0.05) is 0 Å². The van der Waals surface area contributed by atoms with Crippen LogP contribution < -0.4 is 5.73 Å². The smallest absolute Gasteiger partial charge is 0.170 e. The average molecular weight is 299 g/mol. The van der Waals surface area contributed by atoms with E-state index in [-0.39, 0.29) is 6.04 Å². The number of rotatable bonds is 1. The molecule has 1 unspecified atom stereocenters. The summed E-state index contributed by atoms with van der Waals surface area (Å²) in [7, 11) is 0. The lowest BCUT2D eigenvalue weighted by Gasteiger charge is -2.15. The molecular formula is C11H11BrN2OS. The minimum absolute atomic E-state index is 0.104. The third kappa shape index (κ3) is 1.73. The molecule has 1 atom stereocenters. The van der Waals surface area contributed by atoms with Gasteiger partial charge in [0.15, 0.2) is 15.4 Å². The number of thiazole rings is 1. The molecule has 16 heavy (non-hydrogen) atoms. The lowest BCUT2D eigenvalue weighted by molar-refractivity contribution is 0.550. The molecule has 2 aromatic rings. The standard InChI is InChI=1S/C11H11BrN2OS/c12-9-5-4-7(15-9)11-14-10-6(13)2-1-3-8(10)16-11/h4-6H,1-3,13H2. The van der Waals surface area contributed by atoms with Crippen molar-refractivity contribution in [1.29, 1.82) is 0 Å². The minimum atomic E-state index is 0.104. The first kappa shape index (κ1) is 10.5. The first-order chi connectivity index (χ1) is 7.74. The van der Waals surface area contributed by atoms with Gasteiger partial charge in [-0.3, -0.25) is 0 Å². The van der Waals surface area contributed by atoms with Gasteiger partial charge in [-0.15, -0.1) is 11.3 Å². The van der Waals surface area contributed by atoms with Gasteiger partial charge in [0.1, 0.15) is 0 Å². The highest BCUT2D eigenvalue weighted by molar-refractivity contribution is 9.10. The highest BCUT2D eigenvalue weighted by Gasteiger charge is 2.23. The normalized spacial score (nSPS) is 19.8. The second kappa shape index (κ2) is 3.98. The monoisotopic (exact) mass is 298 g/mol. The van der Waals surface area contributed by atoms with Gasteiger partial charge in [-0.2, -0.15) is 0 Å². The third-order valence-corrected chi connectivity index (χ3v) is 4.35. The summed E-state index contributed by atoms with van der Waals surface area (Å²) in [5.41, 5.74) is 7.12. The molecule has 0 saturated heterocycles. The molecule has 3 nitrogen and oxygen atoms in total. The van der Waals surface area contributed by atoms with Crippen molar-refractivity contribution in [3.8, 4) is 10.8 Å². The van der Waals surface area contributed by atoms with E-state index in [1.54, 1.807) is 11.3 Å². The molecule has 0 fully saturated rings. The molecule has 1 aliphatic rings. The predicted octanol–water partition coefficient (Wildman–Crippen LogP) is 3.50. The third-order valence-electron chi connectivity index (χ3n) is 2.78. The fourth-order valence-corrected chi connectivity index (χ4v) is 3.43. The summed E-state index contributed by atoms with van der Waals surface area (Å²) < 4.78 is 6.24. The van der Waals surface area contributed by atoms with Crippen molar-refractivity contribution in [2.45, 2.75) is 25.3 Å². The molecule has 84 valence electrons. The Morgan fingerprint density at radius 3 is 3.06 bits per heavy atom. The lowest BCUT2D eigenvalue weighted by Crippen LogP contribution is -2.16. The van der Waals surface area contributed by atoms with Crippen LogP contribution in [0.1, 0.15) is 29.5 Å². The molecule has 0 spiro atoms. The number of furan rings is 1. The number of aromatic nitrogens is 1. The number of halogens is 1. The fraction of sp³-hybridized carbons (Fsp3) is 0.364. The Morgan fingerprint density at radius 2 is 2.38 bits per heavy atom. The van der Waals surface area contributed by atoms with Gasteiger partial charge in [-0.05, 0) is 47.3 Å². The number of fused-ring (bicyclic) bond motifs is 1. The summed E-state index contributed by atoms with van der Waals surface area (Å²) in [6.07, 6.45) is 3.30. The zero-order valence-corrected chi connectivity index (χ0v) is 11.0. The Labute approximate surface area is 106 Å². The Bertz CT molecular complexity index is 520. The highest BCUT2D eigenvalue weighted by atomic mass is 79.9. The maximum absolute atomic E-state index is 6.05. The molecule has 2 aromatic heterocycles. The molecular weight excluding hydrogens is 288 g/mol. The van der Waals surface area contributed by atoms with E-state index >= 15 is 0 Å². The van der Waals surface area contributed by atoms with E-state index in [9.17, 15) is 0 Å². The predicted molar refractivity (Wildman–Crippen MR) is 67.4 cm³/mol. The van der Waals surface area contributed by atoms with E-state index in [2.05, 4.69) is 20.9 Å². The number of hydrogen-bond donors (Lipinski definition) is 1. The molecule has 2 N–H and O–H groups in total. The number of hydrogen-bond acceptors (Lipinski definition) is 4. The quantitative estimate of drug-likeness (QED) is 0.876. The van der Waals surface area contributed by atoms with Crippen molar-refractivity contribution in [3.63, 3.8) is 0 Å². The van der Waals surface area contributed by atoms with Crippen LogP contribution in [0.25, 0.3) is 10.8 Å². The molecule has 0 aromatic carbocycles. The minimum Gasteiger partial charge on any atom is -0.447 e. The largest absolute Gasteiger partial charge is 0.447 e. The Morgan fingerprint density at radius 1 is 1.50 bits per heavy atom. The van der Waals surface area contributed by atoms with Crippen molar-refractivity contribution >= 4 is 27.3 Å². The lowest BCUT2D eigenvalue weighted by atomic mass is 9.99. The van der Waals surface area contributed by atoms with Gasteiger partial charge in [0.05, 0.1) is 5.69 Å². The molecule has 0 bridgehead atoms. The molecule has 2 heterocycles. The van der Waals surface area contributed by atoms with Crippen molar-refractivity contribution in [1.82, 2.24) is 4.98 Å². The first-order valence-electron chi connectivity index (χ1n) is 5.25. The molecule has 0 radical (unpaired) electrons. The van der Waals surface area contributed by atoms with E-state index in [1.165, 1.54) is 4.88 Å². The van der Waals surface area contributed by atoms with E-state index < -0.39 is 0 Å². The van der Waals surface area contributed by atoms with E-state index in [4.69, 9.17) is 10.2 Å². The highest BCUT2D eigenvalue weighted by Crippen LogP contribution is 2.37. The zero-order chi connectivity index (χ0) is 11.1. The van der Waals surface area contributed by atoms with Gasteiger partial charge >= 0.3 is 0 Å². The molecule has 1 aliphatic carbocycles. The van der Waals surface area contributed by atoms with Gasteiger partial charge in [0.2, 0.25) is 0 Å². The van der Waals surface area contributed by atoms with Crippen molar-refractivity contribution < 1.29 is 4.42 Å². The topological polar surface area (TPSA) is 52.0 Å². The summed E-state index contributed by atoms with van der Waals surface area (Å²) in [4.78, 5) is 5.91. The van der Waals surface area contributed by atoms with Gasteiger partial charge in [0, 0.05) is 10.9 Å². The van der Waals surface area contributed by atoms with Crippen LogP contribution in [0.3, 0.4) is 0 Å². The van der Waals surface area contributed by atoms with Crippen LogP contribution in [0.15, 0.2) is 21.2 Å². The van der Waals surface area contributed by atoms with Crippen LogP contribution in [-0.4, -0.2) is 4.98 Å². The Kier molecular flexibility index (Phi) is 2.61. The SMILES string of the molecule is NC1CCCc2sc(-c3ccc(Br)o3)nc21. The second-order valence-corrected chi connectivity index (χ2v) is 5.80. The van der Waals surface area contributed by atoms with Crippen LogP contribution in [-0.2, 0) is 6.42 Å². The first-order valence-corrected chi connectivity index (χ1v) is 6.86. The maximum Gasteiger partial charge on any atom is 0.170 e. The Hall–Kier alpha value is -0.650. The molecule has 3 rings (SSSR count). The fourth-order valence-electron chi connectivity index (χ4n) is 1.99. The van der Waals surface area contributed by atoms with Gasteiger partial charge in [-0.25, -0.2) is 4.98 Å². The van der Waals surface area contributed by atoms with Gasteiger partial charge in [0.25, 0.3) is 0 Å². The van der Waals surface area contributed by atoms with Crippen LogP contribution in [0.5, 0.6) is 0 Å². The summed E-state index contributed by atoms with van der Waals surface area (Å²) >= 11 is 5.00. The zero-order valence-electron chi connectivity index (χ0n) is 8.57.